The highest BCUT2D eigenvalue weighted by molar-refractivity contribution is 7.86. The lowest BCUT2D eigenvalue weighted by atomic mass is 9.94. The van der Waals surface area contributed by atoms with E-state index in [2.05, 4.69) is 14.8 Å². The first-order chi connectivity index (χ1) is 38.4. The van der Waals surface area contributed by atoms with E-state index in [1.54, 1.807) is 108 Å². The van der Waals surface area contributed by atoms with E-state index >= 15 is 0 Å². The van der Waals surface area contributed by atoms with Crippen molar-refractivity contribution in [2.45, 2.75) is 148 Å². The Morgan fingerprint density at radius 1 is 0.683 bits per heavy atom. The van der Waals surface area contributed by atoms with Gasteiger partial charge in [0.25, 0.3) is 16.0 Å². The van der Waals surface area contributed by atoms with Crippen molar-refractivity contribution in [1.29, 1.82) is 0 Å². The van der Waals surface area contributed by atoms with Gasteiger partial charge in [-0.15, -0.1) is 0 Å². The number of ether oxygens (including phenoxy) is 5. The van der Waals surface area contributed by atoms with Crippen molar-refractivity contribution in [3.63, 3.8) is 0 Å². The quantitative estimate of drug-likeness (QED) is 0.0967. The number of carboxylic acids is 2. The van der Waals surface area contributed by atoms with E-state index in [4.69, 9.17) is 45.5 Å². The summed E-state index contributed by atoms with van der Waals surface area (Å²) in [4.78, 5) is 88.3. The van der Waals surface area contributed by atoms with E-state index in [1.807, 2.05) is 39.8 Å². The molecule has 82 heavy (non-hydrogen) atoms. The van der Waals surface area contributed by atoms with Gasteiger partial charge in [0, 0.05) is 54.7 Å². The molecular weight excluding hydrogens is 1110 g/mol. The summed E-state index contributed by atoms with van der Waals surface area (Å²) in [5, 5.41) is 33.8. The minimum absolute atomic E-state index is 0.00583. The van der Waals surface area contributed by atoms with Crippen LogP contribution in [0.25, 0.3) is 0 Å². The first kappa shape index (κ1) is 68.1. The van der Waals surface area contributed by atoms with E-state index in [0.29, 0.717) is 62.0 Å². The highest BCUT2D eigenvalue weighted by Gasteiger charge is 2.45. The molecule has 0 radical (unpaired) electrons. The number of aliphatic hydroxyl groups excluding tert-OH is 1. The third-order valence-electron chi connectivity index (χ3n) is 12.8. The van der Waals surface area contributed by atoms with Crippen molar-refractivity contribution in [2.24, 2.45) is 11.8 Å². The van der Waals surface area contributed by atoms with Crippen molar-refractivity contribution in [2.75, 3.05) is 68.2 Å². The molecule has 1 unspecified atom stereocenters. The second kappa shape index (κ2) is 30.8. The number of aryl methyl sites for hydroxylation is 2. The predicted octanol–water partition coefficient (Wildman–Crippen LogP) is 7.67. The summed E-state index contributed by atoms with van der Waals surface area (Å²) in [5.74, 6) is -3.72. The number of aliphatic carboxylic acids is 2. The summed E-state index contributed by atoms with van der Waals surface area (Å²) in [7, 11) is -3.53. The van der Waals surface area contributed by atoms with Crippen LogP contribution in [-0.2, 0) is 62.0 Å². The van der Waals surface area contributed by atoms with E-state index in [0.717, 1.165) is 21.7 Å². The molecule has 0 aromatic heterocycles. The number of carbonyl (C=O) groups is 7. The maximum Gasteiger partial charge on any atom is 0.411 e. The number of hydrogen-bond donors (Lipinski definition) is 5. The van der Waals surface area contributed by atoms with Crippen molar-refractivity contribution < 1.29 is 85.2 Å². The summed E-state index contributed by atoms with van der Waals surface area (Å²) in [6.07, 6.45) is -1.18. The number of carbonyl (C=O) groups excluding carboxylic acids is 5. The third-order valence-corrected chi connectivity index (χ3v) is 14.4. The second-order valence-corrected chi connectivity index (χ2v) is 23.7. The smallest absolute Gasteiger partial charge is 0.411 e. The van der Waals surface area contributed by atoms with Crippen LogP contribution < -0.4 is 15.5 Å². The number of hydrogen-bond acceptors (Lipinski definition) is 16. The number of rotatable bonds is 14. The molecule has 5 amide bonds. The van der Waals surface area contributed by atoms with Gasteiger partial charge in [0.1, 0.15) is 29.9 Å². The first-order valence-electron chi connectivity index (χ1n) is 27.0. The Kier molecular flexibility index (Phi) is 25.5. The zero-order valence-electron chi connectivity index (χ0n) is 48.5. The molecule has 3 aliphatic heterocycles. The van der Waals surface area contributed by atoms with Crippen LogP contribution in [0.3, 0.4) is 0 Å². The molecule has 3 aromatic rings. The molecule has 0 spiro atoms. The summed E-state index contributed by atoms with van der Waals surface area (Å²) in [6.45, 7) is 22.0. The molecule has 454 valence electrons. The first-order valence-corrected chi connectivity index (χ1v) is 28.8. The number of halogens is 1. The number of nitrogens with one attached hydrogen (secondary N) is 2. The number of benzene rings is 3. The molecule has 23 nitrogen and oxygen atoms in total. The van der Waals surface area contributed by atoms with Crippen LogP contribution in [0.5, 0.6) is 0 Å². The fourth-order valence-corrected chi connectivity index (χ4v) is 10.2. The summed E-state index contributed by atoms with van der Waals surface area (Å²) >= 11 is 5.94. The van der Waals surface area contributed by atoms with Gasteiger partial charge in [0.15, 0.2) is 0 Å². The van der Waals surface area contributed by atoms with Gasteiger partial charge >= 0.3 is 24.1 Å². The number of nitrogens with zero attached hydrogens (tertiary/aromatic N) is 3. The van der Waals surface area contributed by atoms with Crippen molar-refractivity contribution in [3.05, 3.63) is 82.9 Å². The monoisotopic (exact) mass is 1190 g/mol. The number of aliphatic hydroxyl groups is 1. The van der Waals surface area contributed by atoms with Gasteiger partial charge in [0.2, 0.25) is 11.8 Å². The normalized spacial score (nSPS) is 21.6. The van der Waals surface area contributed by atoms with Crippen LogP contribution in [0.2, 0.25) is 5.02 Å². The molecular formula is C57H80ClN5O18S. The van der Waals surface area contributed by atoms with E-state index in [9.17, 15) is 47.1 Å². The lowest BCUT2D eigenvalue weighted by Crippen LogP contribution is -2.43. The second-order valence-electron chi connectivity index (χ2n) is 21.7. The standard InChI is InChI=1S/C26H30ClN3O5.C12H21NO5.C10H17NO5.C9H12O3S/c1-3-35-20-13-21(25(32)28-18-6-4-17(27)5-7-18)22(14-20)26(33)29-19-8-9-23(16(2)12-19)30-10-11-34-15-24(30)31;1-5-17-8-6-9(10(14)15)13(7-8)11(16)18-12(2,3)4;1-10(2,3)16-9(15)11-5-6(12)4-7(11)8(13)14;1-3-12-13(10,11)9-6-4-8(2)5-7-9/h4-9,12,20-22H,3,10-11,13-15H2,1-2H3,(H,28,32)(H,29,33);8-9H,5-7H2,1-4H3,(H,14,15);6-7,12H,4-5H2,1-3H3,(H,13,14);4-7H,3H2,1-2H3/t20-,21?,22-;8-,9-;6-,7-;/m011./s1. The van der Waals surface area contributed by atoms with Crippen LogP contribution in [-0.4, -0.2) is 170 Å². The molecule has 3 heterocycles. The Labute approximate surface area is 484 Å². The fourth-order valence-electron chi connectivity index (χ4n) is 9.16. The minimum Gasteiger partial charge on any atom is -0.480 e. The van der Waals surface area contributed by atoms with E-state index in [1.165, 1.54) is 4.90 Å². The van der Waals surface area contributed by atoms with Crippen molar-refractivity contribution >= 4 is 80.6 Å². The average Bonchev–Trinajstić information content (AvgIpc) is 4.21. The Hall–Kier alpha value is -6.41. The van der Waals surface area contributed by atoms with Gasteiger partial charge in [-0.3, -0.25) is 28.4 Å². The van der Waals surface area contributed by atoms with Gasteiger partial charge in [-0.05, 0) is 149 Å². The molecule has 7 rings (SSSR count). The van der Waals surface area contributed by atoms with Gasteiger partial charge in [-0.2, -0.15) is 8.42 Å². The fraction of sp³-hybridized carbons (Fsp3) is 0.561. The molecule has 4 fully saturated rings. The lowest BCUT2D eigenvalue weighted by Gasteiger charge is -2.28. The van der Waals surface area contributed by atoms with Gasteiger partial charge in [-0.1, -0.05) is 29.3 Å². The highest BCUT2D eigenvalue weighted by Crippen LogP contribution is 2.37. The number of amides is 5. The molecule has 1 aliphatic carbocycles. The summed E-state index contributed by atoms with van der Waals surface area (Å²) in [6, 6.07) is 17.0. The Balaban J connectivity index is 0.000000259. The van der Waals surface area contributed by atoms with Gasteiger partial charge in [-0.25, -0.2) is 19.2 Å². The topological polar surface area (TPSA) is 303 Å². The molecule has 5 N–H and O–H groups in total. The predicted molar refractivity (Wildman–Crippen MR) is 304 cm³/mol. The maximum absolute atomic E-state index is 13.3. The molecule has 7 atom stereocenters. The number of likely N-dealkylation sites (tertiary alicyclic amines) is 2. The van der Waals surface area contributed by atoms with Crippen LogP contribution in [0.1, 0.15) is 99.1 Å². The highest BCUT2D eigenvalue weighted by atomic mass is 35.5. The minimum atomic E-state index is -3.53. The number of morpholine rings is 1. The summed E-state index contributed by atoms with van der Waals surface area (Å²) in [5.41, 5.74) is 2.63. The zero-order valence-corrected chi connectivity index (χ0v) is 50.0. The van der Waals surface area contributed by atoms with E-state index in [-0.39, 0.29) is 67.5 Å². The maximum atomic E-state index is 13.3. The molecule has 0 bridgehead atoms. The molecule has 4 aliphatic rings. The molecule has 3 aromatic carbocycles. The van der Waals surface area contributed by atoms with Crippen LogP contribution in [0.15, 0.2) is 71.6 Å². The van der Waals surface area contributed by atoms with Crippen molar-refractivity contribution in [1.82, 2.24) is 9.80 Å². The average molecular weight is 1190 g/mol. The van der Waals surface area contributed by atoms with Gasteiger partial charge in [0.05, 0.1) is 61.3 Å². The van der Waals surface area contributed by atoms with Gasteiger partial charge < -0.3 is 54.5 Å². The number of carboxylic acid groups (broad SMARTS) is 2. The van der Waals surface area contributed by atoms with Crippen LogP contribution in [0.4, 0.5) is 26.7 Å². The van der Waals surface area contributed by atoms with Crippen LogP contribution in [0, 0.1) is 25.7 Å². The Bertz CT molecular complexity index is 2770. The number of anilines is 3. The Morgan fingerprint density at radius 2 is 1.18 bits per heavy atom. The number of β-amino-alcohol motifs (C(OH)–C–C–N with tert-alkyl or cyclic N) is 1. The molecule has 25 heteroatoms. The zero-order chi connectivity index (χ0) is 61.3. The lowest BCUT2D eigenvalue weighted by molar-refractivity contribution is -0.142. The largest absolute Gasteiger partial charge is 0.480 e. The third kappa shape index (κ3) is 21.1. The SMILES string of the molecule is CC(C)(C)OC(=O)N1C[C@H](O)C[C@@H]1C(=O)O.CCOS(=O)(=O)c1ccc(C)cc1.CCO[C@@H]1C[C@H](C(=O)O)N(C(=O)OC(C)(C)C)C1.CCO[C@H]1CC(C(=O)Nc2ccc(Cl)cc2)[C@@H](C(=O)Nc2ccc(N3CCOCC3=O)c(C)c2)C1. The Morgan fingerprint density at radius 3 is 1.67 bits per heavy atom. The van der Waals surface area contributed by atoms with E-state index < -0.39 is 75.5 Å². The molecule has 1 saturated carbocycles. The summed E-state index contributed by atoms with van der Waals surface area (Å²) < 4.78 is 53.9. The van der Waals surface area contributed by atoms with Crippen LogP contribution >= 0.6 is 11.6 Å². The van der Waals surface area contributed by atoms with Crippen molar-refractivity contribution in [3.8, 4) is 0 Å². The molecule has 3 saturated heterocycles.